The molecule has 3 aliphatic heterocycles. The van der Waals surface area contributed by atoms with Crippen LogP contribution in [0.1, 0.15) is 37.7 Å². The van der Waals surface area contributed by atoms with Crippen molar-refractivity contribution >= 4 is 29.7 Å². The Morgan fingerprint density at radius 1 is 0.947 bits per heavy atom. The summed E-state index contributed by atoms with van der Waals surface area (Å²) in [5.41, 5.74) is 7.09. The van der Waals surface area contributed by atoms with Gasteiger partial charge in [-0.3, -0.25) is 14.6 Å². The minimum atomic E-state index is -0.0332. The highest BCUT2D eigenvalue weighted by Gasteiger charge is 2.22. The van der Waals surface area contributed by atoms with Gasteiger partial charge in [0.25, 0.3) is 11.8 Å². The zero-order valence-electron chi connectivity index (χ0n) is 21.2. The van der Waals surface area contributed by atoms with E-state index in [2.05, 4.69) is 20.2 Å². The number of benzene rings is 1. The molecule has 9 nitrogen and oxygen atoms in total. The van der Waals surface area contributed by atoms with Crippen LogP contribution in [-0.4, -0.2) is 85.8 Å². The van der Waals surface area contributed by atoms with E-state index < -0.39 is 0 Å². The van der Waals surface area contributed by atoms with Crippen molar-refractivity contribution in [1.29, 1.82) is 0 Å². The van der Waals surface area contributed by atoms with E-state index in [-0.39, 0.29) is 11.8 Å². The summed E-state index contributed by atoms with van der Waals surface area (Å²) >= 11 is 0. The number of pyridine rings is 1. The third kappa shape index (κ3) is 5.07. The molecule has 0 aliphatic carbocycles. The second-order valence-corrected chi connectivity index (χ2v) is 9.66. The first-order chi connectivity index (χ1) is 18.7. The van der Waals surface area contributed by atoms with Gasteiger partial charge in [0, 0.05) is 73.5 Å². The van der Waals surface area contributed by atoms with E-state index in [0.717, 1.165) is 53.4 Å². The van der Waals surface area contributed by atoms with Gasteiger partial charge in [0.1, 0.15) is 0 Å². The quantitative estimate of drug-likeness (QED) is 0.544. The van der Waals surface area contributed by atoms with Crippen LogP contribution in [0.15, 0.2) is 42.6 Å². The largest absolute Gasteiger partial charge is 0.378 e. The van der Waals surface area contributed by atoms with Crippen molar-refractivity contribution in [3.8, 4) is 11.3 Å². The van der Waals surface area contributed by atoms with Crippen molar-refractivity contribution in [2.45, 2.75) is 6.42 Å². The molecule has 6 rings (SSSR count). The predicted molar refractivity (Wildman–Crippen MR) is 145 cm³/mol. The minimum absolute atomic E-state index is 0.0332. The van der Waals surface area contributed by atoms with Gasteiger partial charge in [-0.15, -0.1) is 0 Å². The summed E-state index contributed by atoms with van der Waals surface area (Å²) in [5.74, 6) is 0.00384. The molecule has 2 aromatic heterocycles. The smallest absolute Gasteiger partial charge is 0.254 e. The van der Waals surface area contributed by atoms with Gasteiger partial charge >= 0.3 is 0 Å². The van der Waals surface area contributed by atoms with E-state index >= 15 is 0 Å². The number of carbonyl (C=O) groups is 2. The number of aromatic nitrogens is 2. The first-order valence-corrected chi connectivity index (χ1v) is 13.1. The lowest BCUT2D eigenvalue weighted by Crippen LogP contribution is -2.41. The maximum Gasteiger partial charge on any atom is 0.254 e. The summed E-state index contributed by atoms with van der Waals surface area (Å²) in [6, 6.07) is 11.8. The molecule has 196 valence electrons. The van der Waals surface area contributed by atoms with Crippen LogP contribution in [0.3, 0.4) is 0 Å². The van der Waals surface area contributed by atoms with Crippen LogP contribution in [0.5, 0.6) is 0 Å². The monoisotopic (exact) mass is 513 g/mol. The van der Waals surface area contributed by atoms with Crippen LogP contribution in [0.4, 0.5) is 5.69 Å². The molecule has 2 N–H and O–H groups in total. The lowest BCUT2D eigenvalue weighted by molar-refractivity contribution is 0.0303. The summed E-state index contributed by atoms with van der Waals surface area (Å²) in [6.45, 7) is 5.90. The van der Waals surface area contributed by atoms with Crippen molar-refractivity contribution in [3.05, 3.63) is 70.7 Å². The summed E-state index contributed by atoms with van der Waals surface area (Å²) in [6.07, 6.45) is 6.62. The number of anilines is 1. The molecule has 3 aromatic rings. The Bertz CT molecular complexity index is 1370. The fourth-order valence-corrected chi connectivity index (χ4v) is 5.18. The van der Waals surface area contributed by atoms with E-state index in [1.54, 1.807) is 6.20 Å². The molecule has 0 bridgehead atoms. The zero-order valence-corrected chi connectivity index (χ0v) is 21.2. The van der Waals surface area contributed by atoms with Crippen LogP contribution in [0, 0.1) is 0 Å². The number of rotatable bonds is 5. The number of hydrogen-bond donors (Lipinski definition) is 2. The standard InChI is InChI=1S/C29H31N5O4/c35-28-24-19-26(32-25(24)6-8-31-28)21-5-7-30-23(17-21)4-3-20-1-2-22(29(36)34-11-15-38-16-12-34)18-27(20)33-9-13-37-14-10-33/h1-5,7,17-19,32H,6,8-16H2,(H,31,35)/b4-3+. The molecule has 0 spiro atoms. The van der Waals surface area contributed by atoms with E-state index in [4.69, 9.17) is 9.47 Å². The first kappa shape index (κ1) is 24.4. The normalized spacial score (nSPS) is 17.9. The summed E-state index contributed by atoms with van der Waals surface area (Å²) in [7, 11) is 0. The van der Waals surface area contributed by atoms with E-state index in [1.165, 1.54) is 0 Å². The highest BCUT2D eigenvalue weighted by Crippen LogP contribution is 2.28. The van der Waals surface area contributed by atoms with E-state index in [0.29, 0.717) is 57.2 Å². The van der Waals surface area contributed by atoms with Crippen molar-refractivity contribution in [1.82, 2.24) is 20.2 Å². The molecule has 0 unspecified atom stereocenters. The maximum atomic E-state index is 13.2. The maximum absolute atomic E-state index is 13.2. The van der Waals surface area contributed by atoms with Gasteiger partial charge in [-0.25, -0.2) is 0 Å². The molecule has 0 atom stereocenters. The number of amides is 2. The van der Waals surface area contributed by atoms with Crippen LogP contribution >= 0.6 is 0 Å². The second kappa shape index (κ2) is 10.8. The fraction of sp³-hybridized carbons (Fsp3) is 0.345. The lowest BCUT2D eigenvalue weighted by atomic mass is 10.0. The lowest BCUT2D eigenvalue weighted by Gasteiger charge is -2.31. The molecule has 0 saturated carbocycles. The topological polar surface area (TPSA) is 99.8 Å². The molecule has 9 heteroatoms. The van der Waals surface area contributed by atoms with Gasteiger partial charge in [-0.2, -0.15) is 0 Å². The van der Waals surface area contributed by atoms with Crippen LogP contribution in [-0.2, 0) is 15.9 Å². The first-order valence-electron chi connectivity index (χ1n) is 13.1. The number of hydrogen-bond acceptors (Lipinski definition) is 6. The van der Waals surface area contributed by atoms with Crippen molar-refractivity contribution < 1.29 is 19.1 Å². The molecule has 1 aromatic carbocycles. The van der Waals surface area contributed by atoms with Crippen molar-refractivity contribution in [2.75, 3.05) is 64.1 Å². The summed E-state index contributed by atoms with van der Waals surface area (Å²) < 4.78 is 11.0. The molecule has 3 aliphatic rings. The second-order valence-electron chi connectivity index (χ2n) is 9.66. The molecule has 2 amide bonds. The van der Waals surface area contributed by atoms with Gasteiger partial charge in [0.05, 0.1) is 37.7 Å². The summed E-state index contributed by atoms with van der Waals surface area (Å²) in [5, 5.41) is 2.89. The number of aromatic amines is 1. The van der Waals surface area contributed by atoms with Gasteiger partial charge in [-0.1, -0.05) is 12.1 Å². The average Bonchev–Trinajstić information content (AvgIpc) is 3.43. The van der Waals surface area contributed by atoms with Gasteiger partial charge in [-0.05, 0) is 42.0 Å². The number of H-pyrrole nitrogens is 1. The Kier molecular flexibility index (Phi) is 6.94. The van der Waals surface area contributed by atoms with Crippen LogP contribution in [0.25, 0.3) is 23.4 Å². The van der Waals surface area contributed by atoms with Gasteiger partial charge in [0.2, 0.25) is 0 Å². The number of fused-ring (bicyclic) bond motifs is 1. The highest BCUT2D eigenvalue weighted by molar-refractivity contribution is 5.98. The Morgan fingerprint density at radius 2 is 1.74 bits per heavy atom. The molecule has 2 saturated heterocycles. The van der Waals surface area contributed by atoms with Crippen molar-refractivity contribution in [3.63, 3.8) is 0 Å². The number of carbonyl (C=O) groups excluding carboxylic acids is 2. The SMILES string of the molecule is O=C1NCCc2[nH]c(-c3ccnc(/C=C/c4ccc(C(=O)N5CCOCC5)cc4N4CCOCC4)c3)cc21. The molecule has 38 heavy (non-hydrogen) atoms. The van der Waals surface area contributed by atoms with E-state index in [9.17, 15) is 9.59 Å². The van der Waals surface area contributed by atoms with E-state index in [1.807, 2.05) is 53.5 Å². The van der Waals surface area contributed by atoms with Crippen LogP contribution in [0.2, 0.25) is 0 Å². The third-order valence-electron chi connectivity index (χ3n) is 7.26. The Hall–Kier alpha value is -3.95. The molecular formula is C29H31N5O4. The molecule has 0 radical (unpaired) electrons. The predicted octanol–water partition coefficient (Wildman–Crippen LogP) is 2.84. The molecule has 2 fully saturated rings. The molecule has 5 heterocycles. The molecular weight excluding hydrogens is 482 g/mol. The number of nitrogens with one attached hydrogen (secondary N) is 2. The fourth-order valence-electron chi connectivity index (χ4n) is 5.18. The zero-order chi connectivity index (χ0) is 25.9. The Morgan fingerprint density at radius 3 is 2.53 bits per heavy atom. The Balaban J connectivity index is 1.28. The number of ether oxygens (including phenoxy) is 2. The van der Waals surface area contributed by atoms with Gasteiger partial charge < -0.3 is 29.6 Å². The number of nitrogens with zero attached hydrogens (tertiary/aromatic N) is 3. The highest BCUT2D eigenvalue weighted by atomic mass is 16.5. The van der Waals surface area contributed by atoms with Crippen LogP contribution < -0.4 is 10.2 Å². The summed E-state index contributed by atoms with van der Waals surface area (Å²) in [4.78, 5) is 37.4. The average molecular weight is 514 g/mol. The minimum Gasteiger partial charge on any atom is -0.378 e. The van der Waals surface area contributed by atoms with Gasteiger partial charge in [0.15, 0.2) is 0 Å². The third-order valence-corrected chi connectivity index (χ3v) is 7.26. The number of morpholine rings is 2. The Labute approximate surface area is 221 Å². The van der Waals surface area contributed by atoms with Crippen molar-refractivity contribution in [2.24, 2.45) is 0 Å².